The second kappa shape index (κ2) is 7.31. The van der Waals surface area contributed by atoms with Crippen LogP contribution in [0.25, 0.3) is 0 Å². The average molecular weight is 358 g/mol. The second-order valence-corrected chi connectivity index (χ2v) is 6.48. The van der Waals surface area contributed by atoms with E-state index in [4.69, 9.17) is 17.4 Å². The van der Waals surface area contributed by atoms with Gasteiger partial charge in [-0.25, -0.2) is 0 Å². The number of hydrogen-bond acceptors (Lipinski definition) is 3. The zero-order valence-corrected chi connectivity index (χ0v) is 13.3. The van der Waals surface area contributed by atoms with Crippen molar-refractivity contribution < 1.29 is 0 Å². The van der Waals surface area contributed by atoms with E-state index >= 15 is 0 Å². The van der Waals surface area contributed by atoms with Crippen LogP contribution >= 0.6 is 39.3 Å². The van der Waals surface area contributed by atoms with Crippen molar-refractivity contribution in [1.82, 2.24) is 5.43 Å². The Kier molecular flexibility index (Phi) is 5.73. The fourth-order valence-corrected chi connectivity index (χ4v) is 3.11. The molecule has 0 fully saturated rings. The molecule has 0 aliphatic carbocycles. The maximum Gasteiger partial charge on any atom is 0.0554 e. The van der Waals surface area contributed by atoms with Crippen LogP contribution in [0.3, 0.4) is 0 Å². The van der Waals surface area contributed by atoms with E-state index < -0.39 is 0 Å². The molecule has 2 rings (SSSR count). The minimum absolute atomic E-state index is 0.0762. The SMILES string of the molecule is NNC(CSc1ccc(Br)cc1)c1cccc(Cl)c1. The molecule has 2 nitrogen and oxygen atoms in total. The number of rotatable bonds is 5. The van der Waals surface area contributed by atoms with Crippen LogP contribution in [0.1, 0.15) is 11.6 Å². The lowest BCUT2D eigenvalue weighted by Gasteiger charge is -2.16. The molecule has 19 heavy (non-hydrogen) atoms. The summed E-state index contributed by atoms with van der Waals surface area (Å²) in [6.07, 6.45) is 0. The summed E-state index contributed by atoms with van der Waals surface area (Å²) in [5.41, 5.74) is 3.94. The Labute approximate surface area is 130 Å². The molecule has 100 valence electrons. The maximum atomic E-state index is 6.00. The van der Waals surface area contributed by atoms with Gasteiger partial charge < -0.3 is 0 Å². The van der Waals surface area contributed by atoms with Gasteiger partial charge in [0.05, 0.1) is 6.04 Å². The predicted molar refractivity (Wildman–Crippen MR) is 86.4 cm³/mol. The predicted octanol–water partition coefficient (Wildman–Crippen LogP) is 4.40. The minimum Gasteiger partial charge on any atom is -0.271 e. The van der Waals surface area contributed by atoms with E-state index in [1.165, 1.54) is 4.90 Å². The molecule has 0 aromatic heterocycles. The highest BCUT2D eigenvalue weighted by Crippen LogP contribution is 2.26. The van der Waals surface area contributed by atoms with Crippen LogP contribution in [-0.2, 0) is 0 Å². The normalized spacial score (nSPS) is 12.4. The quantitative estimate of drug-likeness (QED) is 0.473. The second-order valence-electron chi connectivity index (χ2n) is 4.04. The zero-order chi connectivity index (χ0) is 13.7. The summed E-state index contributed by atoms with van der Waals surface area (Å²) in [6, 6.07) is 16.1. The number of hydrogen-bond donors (Lipinski definition) is 2. The zero-order valence-electron chi connectivity index (χ0n) is 10.1. The summed E-state index contributed by atoms with van der Waals surface area (Å²) < 4.78 is 1.08. The van der Waals surface area contributed by atoms with Crippen LogP contribution < -0.4 is 11.3 Å². The standard InChI is InChI=1S/C14H14BrClN2S/c15-11-4-6-13(7-5-11)19-9-14(18-17)10-2-1-3-12(16)8-10/h1-8,14,18H,9,17H2. The molecule has 0 bridgehead atoms. The van der Waals surface area contributed by atoms with Gasteiger partial charge in [0.1, 0.15) is 0 Å². The summed E-state index contributed by atoms with van der Waals surface area (Å²) in [5.74, 6) is 6.47. The summed E-state index contributed by atoms with van der Waals surface area (Å²) in [5, 5.41) is 0.728. The van der Waals surface area contributed by atoms with Gasteiger partial charge >= 0.3 is 0 Å². The number of nitrogens with one attached hydrogen (secondary N) is 1. The third-order valence-electron chi connectivity index (χ3n) is 2.68. The van der Waals surface area contributed by atoms with Crippen molar-refractivity contribution in [3.8, 4) is 0 Å². The van der Waals surface area contributed by atoms with Crippen LogP contribution in [0, 0.1) is 0 Å². The van der Waals surface area contributed by atoms with E-state index in [1.54, 1.807) is 11.8 Å². The fourth-order valence-electron chi connectivity index (χ4n) is 1.67. The van der Waals surface area contributed by atoms with E-state index in [1.807, 2.05) is 36.4 Å². The van der Waals surface area contributed by atoms with Crippen molar-refractivity contribution in [3.05, 3.63) is 63.6 Å². The van der Waals surface area contributed by atoms with Gasteiger partial charge in [-0.3, -0.25) is 11.3 Å². The lowest BCUT2D eigenvalue weighted by Crippen LogP contribution is -2.29. The smallest absolute Gasteiger partial charge is 0.0554 e. The van der Waals surface area contributed by atoms with E-state index in [0.29, 0.717) is 0 Å². The number of halogens is 2. The Morgan fingerprint density at radius 2 is 1.95 bits per heavy atom. The Balaban J connectivity index is 2.01. The number of thioether (sulfide) groups is 1. The minimum atomic E-state index is 0.0762. The van der Waals surface area contributed by atoms with Crippen molar-refractivity contribution in [2.24, 2.45) is 5.84 Å². The lowest BCUT2D eigenvalue weighted by atomic mass is 10.1. The van der Waals surface area contributed by atoms with E-state index in [-0.39, 0.29) is 6.04 Å². The highest BCUT2D eigenvalue weighted by molar-refractivity contribution is 9.10. The molecule has 1 atom stereocenters. The largest absolute Gasteiger partial charge is 0.271 e. The Morgan fingerprint density at radius 3 is 2.58 bits per heavy atom. The maximum absolute atomic E-state index is 6.00. The number of nitrogens with two attached hydrogens (primary N) is 1. The fraction of sp³-hybridized carbons (Fsp3) is 0.143. The molecule has 1 unspecified atom stereocenters. The third kappa shape index (κ3) is 4.51. The van der Waals surface area contributed by atoms with Crippen molar-refractivity contribution >= 4 is 39.3 Å². The first-order valence-electron chi connectivity index (χ1n) is 5.79. The van der Waals surface area contributed by atoms with E-state index in [2.05, 4.69) is 33.5 Å². The molecule has 2 aromatic carbocycles. The van der Waals surface area contributed by atoms with Crippen molar-refractivity contribution in [1.29, 1.82) is 0 Å². The van der Waals surface area contributed by atoms with Crippen molar-refractivity contribution in [2.45, 2.75) is 10.9 Å². The first-order chi connectivity index (χ1) is 9.19. The topological polar surface area (TPSA) is 38.0 Å². The summed E-state index contributed by atoms with van der Waals surface area (Å²) >= 11 is 11.2. The van der Waals surface area contributed by atoms with E-state index in [9.17, 15) is 0 Å². The Morgan fingerprint density at radius 1 is 1.21 bits per heavy atom. The lowest BCUT2D eigenvalue weighted by molar-refractivity contribution is 0.611. The van der Waals surface area contributed by atoms with Gasteiger partial charge in [-0.1, -0.05) is 39.7 Å². The summed E-state index contributed by atoms with van der Waals surface area (Å²) in [7, 11) is 0. The molecule has 3 N–H and O–H groups in total. The first kappa shape index (κ1) is 14.9. The third-order valence-corrected chi connectivity index (χ3v) is 4.55. The van der Waals surface area contributed by atoms with Crippen LogP contribution in [0.4, 0.5) is 0 Å². The molecular formula is C14H14BrClN2S. The van der Waals surface area contributed by atoms with Crippen LogP contribution in [0.2, 0.25) is 5.02 Å². The average Bonchev–Trinajstić information content (AvgIpc) is 2.42. The summed E-state index contributed by atoms with van der Waals surface area (Å²) in [6.45, 7) is 0. The molecule has 5 heteroatoms. The van der Waals surface area contributed by atoms with Gasteiger partial charge in [0.2, 0.25) is 0 Å². The molecule has 0 heterocycles. The van der Waals surface area contributed by atoms with Crippen LogP contribution in [-0.4, -0.2) is 5.75 Å². The van der Waals surface area contributed by atoms with E-state index in [0.717, 1.165) is 20.8 Å². The molecule has 2 aromatic rings. The van der Waals surface area contributed by atoms with Gasteiger partial charge in [-0.15, -0.1) is 11.8 Å². The van der Waals surface area contributed by atoms with Gasteiger partial charge in [0.15, 0.2) is 0 Å². The van der Waals surface area contributed by atoms with Gasteiger partial charge in [0, 0.05) is 20.1 Å². The van der Waals surface area contributed by atoms with Crippen molar-refractivity contribution in [3.63, 3.8) is 0 Å². The number of benzene rings is 2. The first-order valence-corrected chi connectivity index (χ1v) is 7.94. The molecule has 0 saturated heterocycles. The monoisotopic (exact) mass is 356 g/mol. The highest BCUT2D eigenvalue weighted by atomic mass is 79.9. The van der Waals surface area contributed by atoms with Gasteiger partial charge in [0.25, 0.3) is 0 Å². The Bertz CT molecular complexity index is 533. The van der Waals surface area contributed by atoms with Crippen LogP contribution in [0.5, 0.6) is 0 Å². The Hall–Kier alpha value is -0.520. The molecule has 0 amide bonds. The molecule has 0 aliphatic rings. The van der Waals surface area contributed by atoms with Crippen molar-refractivity contribution in [2.75, 3.05) is 5.75 Å². The molecule has 0 radical (unpaired) electrons. The highest BCUT2D eigenvalue weighted by Gasteiger charge is 2.10. The molecule has 0 spiro atoms. The molecule has 0 aliphatic heterocycles. The molecule has 0 saturated carbocycles. The summed E-state index contributed by atoms with van der Waals surface area (Å²) in [4.78, 5) is 1.21. The van der Waals surface area contributed by atoms with Gasteiger partial charge in [-0.05, 0) is 42.0 Å². The number of hydrazine groups is 1. The molecular weight excluding hydrogens is 344 g/mol. The van der Waals surface area contributed by atoms with Crippen LogP contribution in [0.15, 0.2) is 57.9 Å². The van der Waals surface area contributed by atoms with Gasteiger partial charge in [-0.2, -0.15) is 0 Å².